The molecule has 8 nitrogen and oxygen atoms in total. The minimum atomic E-state index is -4.80. The molecule has 0 saturated carbocycles. The van der Waals surface area contributed by atoms with Crippen molar-refractivity contribution in [3.8, 4) is 11.4 Å². The van der Waals surface area contributed by atoms with Crippen LogP contribution in [0, 0.1) is 5.82 Å². The van der Waals surface area contributed by atoms with Crippen molar-refractivity contribution in [1.29, 1.82) is 0 Å². The number of halogens is 4. The number of aromatic nitrogens is 4. The van der Waals surface area contributed by atoms with Crippen LogP contribution in [0.2, 0.25) is 0 Å². The van der Waals surface area contributed by atoms with Gasteiger partial charge < -0.3 is 9.72 Å². The number of alkyl halides is 3. The lowest BCUT2D eigenvalue weighted by Crippen LogP contribution is -2.35. The number of fused-ring (bicyclic) bond motifs is 1. The van der Waals surface area contributed by atoms with E-state index >= 15 is 0 Å². The molecule has 1 amide bonds. The quantitative estimate of drug-likeness (QED) is 0.392. The second-order valence-electron chi connectivity index (χ2n) is 7.82. The number of morpholine rings is 1. The minimum Gasteiger partial charge on any atom is -0.379 e. The van der Waals surface area contributed by atoms with E-state index in [1.54, 1.807) is 0 Å². The van der Waals surface area contributed by atoms with Crippen molar-refractivity contribution in [3.05, 3.63) is 58.5 Å². The molecule has 0 radical (unpaired) electrons. The molecule has 4 heterocycles. The van der Waals surface area contributed by atoms with E-state index in [1.807, 2.05) is 5.38 Å². The Bertz CT molecular complexity index is 1380. The summed E-state index contributed by atoms with van der Waals surface area (Å²) >= 11 is 1.27. The Hall–Kier alpha value is -3.42. The van der Waals surface area contributed by atoms with Crippen molar-refractivity contribution in [1.82, 2.24) is 24.8 Å². The van der Waals surface area contributed by atoms with E-state index < -0.39 is 23.5 Å². The van der Waals surface area contributed by atoms with Crippen LogP contribution in [-0.4, -0.2) is 57.0 Å². The lowest BCUT2D eigenvalue weighted by molar-refractivity contribution is -0.137. The van der Waals surface area contributed by atoms with Crippen LogP contribution < -0.4 is 5.32 Å². The molecule has 4 aromatic rings. The molecule has 13 heteroatoms. The number of hydrogen-bond acceptors (Lipinski definition) is 7. The van der Waals surface area contributed by atoms with Crippen LogP contribution in [0.1, 0.15) is 21.6 Å². The number of anilines is 1. The smallest absolute Gasteiger partial charge is 0.379 e. The van der Waals surface area contributed by atoms with E-state index in [1.165, 1.54) is 23.6 Å². The third kappa shape index (κ3) is 5.01. The van der Waals surface area contributed by atoms with Gasteiger partial charge in [-0.1, -0.05) is 0 Å². The first-order chi connectivity index (χ1) is 16.8. The molecule has 0 aliphatic carbocycles. The van der Waals surface area contributed by atoms with Crippen LogP contribution in [-0.2, 0) is 17.5 Å². The highest BCUT2D eigenvalue weighted by molar-refractivity contribution is 7.14. The Kier molecular flexibility index (Phi) is 6.21. The highest BCUT2D eigenvalue weighted by atomic mass is 32.1. The van der Waals surface area contributed by atoms with Crippen LogP contribution in [0.3, 0.4) is 0 Å². The van der Waals surface area contributed by atoms with E-state index in [-0.39, 0.29) is 28.1 Å². The first-order valence-corrected chi connectivity index (χ1v) is 11.4. The molecule has 1 aliphatic rings. The second kappa shape index (κ2) is 9.32. The van der Waals surface area contributed by atoms with Crippen LogP contribution in [0.5, 0.6) is 0 Å². The van der Waals surface area contributed by atoms with E-state index in [4.69, 9.17) is 4.74 Å². The molecule has 182 valence electrons. The van der Waals surface area contributed by atoms with Gasteiger partial charge in [0.05, 0.1) is 35.6 Å². The van der Waals surface area contributed by atoms with Gasteiger partial charge in [-0.05, 0) is 24.3 Å². The van der Waals surface area contributed by atoms with Gasteiger partial charge in [0.2, 0.25) is 0 Å². The minimum absolute atomic E-state index is 0.0530. The first-order valence-electron chi connectivity index (χ1n) is 10.6. The Morgan fingerprint density at radius 2 is 2.00 bits per heavy atom. The molecule has 5 rings (SSSR count). The van der Waals surface area contributed by atoms with Gasteiger partial charge in [0.15, 0.2) is 10.8 Å². The van der Waals surface area contributed by atoms with Crippen LogP contribution >= 0.6 is 11.3 Å². The SMILES string of the molecule is O=C(Nc1nc(CN2CCOCC2)cs1)c1ccnc2nc(-c3ccc(F)cc3C(F)(F)F)[nH]c12. The number of rotatable bonds is 5. The summed E-state index contributed by atoms with van der Waals surface area (Å²) in [5.74, 6) is -1.72. The first kappa shape index (κ1) is 23.3. The number of pyridine rings is 1. The number of ether oxygens (including phenoxy) is 1. The molecule has 0 bridgehead atoms. The maximum Gasteiger partial charge on any atom is 0.417 e. The van der Waals surface area contributed by atoms with E-state index in [0.29, 0.717) is 31.0 Å². The number of amides is 1. The predicted molar refractivity (Wildman–Crippen MR) is 120 cm³/mol. The summed E-state index contributed by atoms with van der Waals surface area (Å²) in [6, 6.07) is 3.73. The fourth-order valence-electron chi connectivity index (χ4n) is 3.78. The third-order valence-corrected chi connectivity index (χ3v) is 6.25. The van der Waals surface area contributed by atoms with Crippen LogP contribution in [0.4, 0.5) is 22.7 Å². The number of aromatic amines is 1. The summed E-state index contributed by atoms with van der Waals surface area (Å²) in [6.45, 7) is 3.58. The average molecular weight is 506 g/mol. The molecule has 35 heavy (non-hydrogen) atoms. The monoisotopic (exact) mass is 506 g/mol. The maximum absolute atomic E-state index is 13.5. The summed E-state index contributed by atoms with van der Waals surface area (Å²) in [7, 11) is 0. The molecule has 2 N–H and O–H groups in total. The molecule has 0 spiro atoms. The Morgan fingerprint density at radius 1 is 1.20 bits per heavy atom. The van der Waals surface area contributed by atoms with Gasteiger partial charge in [0.1, 0.15) is 11.6 Å². The summed E-state index contributed by atoms with van der Waals surface area (Å²) in [6.07, 6.45) is -3.46. The zero-order chi connectivity index (χ0) is 24.6. The molecular weight excluding hydrogens is 488 g/mol. The summed E-state index contributed by atoms with van der Waals surface area (Å²) in [5, 5.41) is 4.97. The lowest BCUT2D eigenvalue weighted by Gasteiger charge is -2.25. The molecule has 1 aliphatic heterocycles. The molecule has 1 fully saturated rings. The fraction of sp³-hybridized carbons (Fsp3) is 0.273. The molecule has 0 atom stereocenters. The van der Waals surface area contributed by atoms with Gasteiger partial charge in [-0.25, -0.2) is 19.3 Å². The molecule has 0 unspecified atom stereocenters. The fourth-order valence-corrected chi connectivity index (χ4v) is 4.47. The predicted octanol–water partition coefficient (Wildman–Crippen LogP) is 4.32. The summed E-state index contributed by atoms with van der Waals surface area (Å²) < 4.78 is 59.2. The Morgan fingerprint density at radius 3 is 2.77 bits per heavy atom. The Balaban J connectivity index is 1.40. The number of nitrogens with zero attached hydrogens (tertiary/aromatic N) is 4. The number of H-pyrrole nitrogens is 1. The van der Waals surface area contributed by atoms with Gasteiger partial charge in [-0.3, -0.25) is 15.0 Å². The molecular formula is C22H18F4N6O2S. The largest absolute Gasteiger partial charge is 0.417 e. The van der Waals surface area contributed by atoms with Gasteiger partial charge in [-0.2, -0.15) is 13.2 Å². The normalized spacial score (nSPS) is 15.0. The van der Waals surface area contributed by atoms with Gasteiger partial charge >= 0.3 is 6.18 Å². The zero-order valence-corrected chi connectivity index (χ0v) is 18.8. The van der Waals surface area contributed by atoms with Crippen molar-refractivity contribution in [2.24, 2.45) is 0 Å². The third-order valence-electron chi connectivity index (χ3n) is 5.44. The number of nitrogens with one attached hydrogen (secondary N) is 2. The van der Waals surface area contributed by atoms with E-state index in [9.17, 15) is 22.4 Å². The van der Waals surface area contributed by atoms with Crippen molar-refractivity contribution in [2.45, 2.75) is 12.7 Å². The van der Waals surface area contributed by atoms with Crippen LogP contribution in [0.15, 0.2) is 35.8 Å². The summed E-state index contributed by atoms with van der Waals surface area (Å²) in [5.41, 5.74) is -0.380. The Labute approximate surface area is 200 Å². The van der Waals surface area contributed by atoms with Crippen molar-refractivity contribution in [2.75, 3.05) is 31.6 Å². The lowest BCUT2D eigenvalue weighted by atomic mass is 10.1. The van der Waals surface area contributed by atoms with E-state index in [0.717, 1.165) is 30.9 Å². The van der Waals surface area contributed by atoms with Crippen molar-refractivity contribution < 1.29 is 27.1 Å². The number of carbonyl (C=O) groups is 1. The van der Waals surface area contributed by atoms with Gasteiger partial charge in [0, 0.05) is 36.8 Å². The van der Waals surface area contributed by atoms with Crippen molar-refractivity contribution >= 4 is 33.5 Å². The highest BCUT2D eigenvalue weighted by Gasteiger charge is 2.35. The average Bonchev–Trinajstić information content (AvgIpc) is 3.45. The number of imidazole rings is 1. The summed E-state index contributed by atoms with van der Waals surface area (Å²) in [4.78, 5) is 30.5. The molecule has 1 aromatic carbocycles. The number of benzene rings is 1. The molecule has 1 saturated heterocycles. The highest BCUT2D eigenvalue weighted by Crippen LogP contribution is 2.37. The second-order valence-corrected chi connectivity index (χ2v) is 8.67. The maximum atomic E-state index is 13.5. The van der Waals surface area contributed by atoms with E-state index in [2.05, 4.69) is 30.2 Å². The number of hydrogen-bond donors (Lipinski definition) is 2. The number of thiazole rings is 1. The van der Waals surface area contributed by atoms with Crippen molar-refractivity contribution in [3.63, 3.8) is 0 Å². The van der Waals surface area contributed by atoms with Crippen LogP contribution in [0.25, 0.3) is 22.6 Å². The topological polar surface area (TPSA) is 96.0 Å². The zero-order valence-electron chi connectivity index (χ0n) is 18.0. The van der Waals surface area contributed by atoms with Gasteiger partial charge in [-0.15, -0.1) is 11.3 Å². The molecule has 3 aromatic heterocycles. The van der Waals surface area contributed by atoms with Gasteiger partial charge in [0.25, 0.3) is 5.91 Å². The number of carbonyl (C=O) groups excluding carboxylic acids is 1. The standard InChI is InChI=1S/C22H18F4N6O2S/c23-12-1-2-14(16(9-12)22(24,25)26)18-29-17-15(3-4-27-19(17)30-18)20(33)31-21-28-13(11-35-21)10-32-5-7-34-8-6-32/h1-4,9,11H,5-8,10H2,(H,27,29,30)(H,28,31,33).